The van der Waals surface area contributed by atoms with E-state index < -0.39 is 5.60 Å². The molecule has 0 saturated carbocycles. The van der Waals surface area contributed by atoms with Crippen molar-refractivity contribution in [1.29, 1.82) is 0 Å². The fraction of sp³-hybridized carbons (Fsp3) is 0.600. The summed E-state index contributed by atoms with van der Waals surface area (Å²) in [5, 5.41) is 9.47. The fourth-order valence-electron chi connectivity index (χ4n) is 0.671. The van der Waals surface area contributed by atoms with Crippen LogP contribution in [-0.2, 0) is 0 Å². The largest absolute Gasteiger partial charge is 0.374 e. The second kappa shape index (κ2) is 6.11. The van der Waals surface area contributed by atoms with Gasteiger partial charge in [-0.1, -0.05) is 36.8 Å². The minimum atomic E-state index is -1.07. The van der Waals surface area contributed by atoms with Crippen molar-refractivity contribution >= 4 is 11.6 Å². The highest BCUT2D eigenvalue weighted by atomic mass is 35.5. The molecule has 2 heteroatoms. The van der Waals surface area contributed by atoms with Gasteiger partial charge in [0.15, 0.2) is 0 Å². The topological polar surface area (TPSA) is 20.2 Å². The zero-order valence-corrected chi connectivity index (χ0v) is 8.36. The zero-order chi connectivity index (χ0) is 9.45. The van der Waals surface area contributed by atoms with Crippen LogP contribution in [0.5, 0.6) is 0 Å². The van der Waals surface area contributed by atoms with Gasteiger partial charge in [-0.25, -0.2) is 0 Å². The summed E-state index contributed by atoms with van der Waals surface area (Å²) in [6, 6.07) is 0. The molecule has 0 aromatic carbocycles. The summed E-state index contributed by atoms with van der Waals surface area (Å²) in [5.74, 6) is 5.63. The third-order valence-electron chi connectivity index (χ3n) is 1.38. The molecule has 0 rings (SSSR count). The van der Waals surface area contributed by atoms with E-state index in [9.17, 15) is 5.11 Å². The molecule has 1 unspecified atom stereocenters. The van der Waals surface area contributed by atoms with Gasteiger partial charge in [-0.3, -0.25) is 0 Å². The minimum absolute atomic E-state index is 0.836. The summed E-state index contributed by atoms with van der Waals surface area (Å²) in [6.45, 7) is 3.73. The molecular formula is C10H15ClO. The van der Waals surface area contributed by atoms with E-state index in [1.807, 2.05) is 0 Å². The Morgan fingerprint density at radius 2 is 2.25 bits per heavy atom. The molecule has 0 fully saturated rings. The standard InChI is InChI=1S/C10H15ClO/c1-3-4-5-6-7-10(2,12)8-9-11/h8-9,12H,3-5H2,1-2H3/b9-8+. The molecule has 12 heavy (non-hydrogen) atoms. The first kappa shape index (κ1) is 11.6. The molecular weight excluding hydrogens is 172 g/mol. The highest BCUT2D eigenvalue weighted by Gasteiger charge is 2.09. The molecule has 0 aliphatic carbocycles. The lowest BCUT2D eigenvalue weighted by Crippen LogP contribution is -2.16. The smallest absolute Gasteiger partial charge is 0.142 e. The molecule has 1 atom stereocenters. The van der Waals surface area contributed by atoms with Crippen LogP contribution >= 0.6 is 11.6 Å². The van der Waals surface area contributed by atoms with Crippen LogP contribution in [0.4, 0.5) is 0 Å². The van der Waals surface area contributed by atoms with E-state index in [1.165, 1.54) is 11.6 Å². The average Bonchev–Trinajstić information content (AvgIpc) is 1.98. The van der Waals surface area contributed by atoms with Gasteiger partial charge in [0.1, 0.15) is 5.60 Å². The second-order valence-corrected chi connectivity index (χ2v) is 3.10. The van der Waals surface area contributed by atoms with Crippen molar-refractivity contribution in [2.45, 2.75) is 38.7 Å². The van der Waals surface area contributed by atoms with Crippen molar-refractivity contribution in [3.8, 4) is 11.8 Å². The summed E-state index contributed by atoms with van der Waals surface area (Å²) in [6.07, 6.45) is 4.51. The molecule has 0 spiro atoms. The van der Waals surface area contributed by atoms with E-state index in [0.717, 1.165) is 19.3 Å². The van der Waals surface area contributed by atoms with Crippen molar-refractivity contribution < 1.29 is 5.11 Å². The number of hydrogen-bond donors (Lipinski definition) is 1. The Hall–Kier alpha value is -0.450. The Bertz CT molecular complexity index is 196. The summed E-state index contributed by atoms with van der Waals surface area (Å²) in [5.41, 5.74) is 0.212. The van der Waals surface area contributed by atoms with Gasteiger partial charge in [-0.05, 0) is 19.4 Å². The lowest BCUT2D eigenvalue weighted by atomic mass is 10.1. The van der Waals surface area contributed by atoms with Crippen LogP contribution in [-0.4, -0.2) is 10.7 Å². The van der Waals surface area contributed by atoms with Crippen LogP contribution in [0.2, 0.25) is 0 Å². The summed E-state index contributed by atoms with van der Waals surface area (Å²) >= 11 is 5.32. The molecule has 0 aromatic heterocycles. The normalized spacial score (nSPS) is 15.3. The first-order valence-electron chi connectivity index (χ1n) is 4.12. The Morgan fingerprint density at radius 3 is 2.75 bits per heavy atom. The molecule has 0 amide bonds. The van der Waals surface area contributed by atoms with Gasteiger partial charge in [-0.15, -0.1) is 0 Å². The van der Waals surface area contributed by atoms with Crippen LogP contribution in [0.25, 0.3) is 0 Å². The van der Waals surface area contributed by atoms with Gasteiger partial charge >= 0.3 is 0 Å². The molecule has 0 bridgehead atoms. The number of aliphatic hydroxyl groups is 1. The quantitative estimate of drug-likeness (QED) is 0.531. The molecule has 1 nitrogen and oxygen atoms in total. The van der Waals surface area contributed by atoms with Crippen LogP contribution in [0.1, 0.15) is 33.1 Å². The molecule has 1 N–H and O–H groups in total. The third kappa shape index (κ3) is 6.27. The van der Waals surface area contributed by atoms with E-state index in [0.29, 0.717) is 0 Å². The van der Waals surface area contributed by atoms with Crippen LogP contribution in [0, 0.1) is 11.8 Å². The molecule has 0 aliphatic rings. The monoisotopic (exact) mass is 186 g/mol. The third-order valence-corrected chi connectivity index (χ3v) is 1.51. The first-order chi connectivity index (χ1) is 5.62. The predicted octanol–water partition coefficient (Wildman–Crippen LogP) is 2.68. The van der Waals surface area contributed by atoms with Gasteiger partial charge in [0.2, 0.25) is 0 Å². The maximum Gasteiger partial charge on any atom is 0.142 e. The highest BCUT2D eigenvalue weighted by Crippen LogP contribution is 2.04. The molecule has 0 heterocycles. The van der Waals surface area contributed by atoms with Crippen LogP contribution < -0.4 is 0 Å². The van der Waals surface area contributed by atoms with E-state index in [1.54, 1.807) is 6.92 Å². The number of rotatable bonds is 3. The van der Waals surface area contributed by atoms with E-state index in [2.05, 4.69) is 18.8 Å². The summed E-state index contributed by atoms with van der Waals surface area (Å²) in [4.78, 5) is 0. The number of unbranched alkanes of at least 4 members (excludes halogenated alkanes) is 2. The van der Waals surface area contributed by atoms with E-state index in [4.69, 9.17) is 11.6 Å². The van der Waals surface area contributed by atoms with Gasteiger partial charge in [-0.2, -0.15) is 0 Å². The zero-order valence-electron chi connectivity index (χ0n) is 7.60. The van der Waals surface area contributed by atoms with Crippen molar-refractivity contribution in [3.63, 3.8) is 0 Å². The molecule has 0 radical (unpaired) electrons. The van der Waals surface area contributed by atoms with Crippen LogP contribution in [0.15, 0.2) is 11.6 Å². The fourth-order valence-corrected chi connectivity index (χ4v) is 0.916. The Balaban J connectivity index is 3.91. The average molecular weight is 187 g/mol. The highest BCUT2D eigenvalue weighted by molar-refractivity contribution is 6.25. The van der Waals surface area contributed by atoms with E-state index in [-0.39, 0.29) is 0 Å². The molecule has 0 aliphatic heterocycles. The Labute approximate surface area is 79.4 Å². The molecule has 68 valence electrons. The summed E-state index contributed by atoms with van der Waals surface area (Å²) < 4.78 is 0. The summed E-state index contributed by atoms with van der Waals surface area (Å²) in [7, 11) is 0. The lowest BCUT2D eigenvalue weighted by molar-refractivity contribution is 0.174. The number of halogens is 1. The predicted molar refractivity (Wildman–Crippen MR) is 52.9 cm³/mol. The van der Waals surface area contributed by atoms with Gasteiger partial charge < -0.3 is 5.11 Å². The first-order valence-corrected chi connectivity index (χ1v) is 4.56. The van der Waals surface area contributed by atoms with Crippen molar-refractivity contribution in [1.82, 2.24) is 0 Å². The van der Waals surface area contributed by atoms with E-state index >= 15 is 0 Å². The Kier molecular flexibility index (Phi) is 5.88. The minimum Gasteiger partial charge on any atom is -0.374 e. The lowest BCUT2D eigenvalue weighted by Gasteiger charge is -2.08. The maximum absolute atomic E-state index is 9.47. The maximum atomic E-state index is 9.47. The second-order valence-electron chi connectivity index (χ2n) is 2.85. The SMILES string of the molecule is CCCCC#CC(C)(O)/C=C/Cl. The van der Waals surface area contributed by atoms with Gasteiger partial charge in [0.25, 0.3) is 0 Å². The van der Waals surface area contributed by atoms with Crippen molar-refractivity contribution in [2.75, 3.05) is 0 Å². The number of hydrogen-bond acceptors (Lipinski definition) is 1. The van der Waals surface area contributed by atoms with Gasteiger partial charge in [0.05, 0.1) is 0 Å². The van der Waals surface area contributed by atoms with Gasteiger partial charge in [0, 0.05) is 12.0 Å². The van der Waals surface area contributed by atoms with Crippen molar-refractivity contribution in [3.05, 3.63) is 11.6 Å². The Morgan fingerprint density at radius 1 is 1.58 bits per heavy atom. The van der Waals surface area contributed by atoms with Crippen molar-refractivity contribution in [2.24, 2.45) is 0 Å². The van der Waals surface area contributed by atoms with Crippen LogP contribution in [0.3, 0.4) is 0 Å². The molecule has 0 saturated heterocycles. The molecule has 0 aromatic rings.